The van der Waals surface area contributed by atoms with Crippen molar-refractivity contribution in [1.82, 2.24) is 4.90 Å². The summed E-state index contributed by atoms with van der Waals surface area (Å²) in [5.41, 5.74) is 1.06. The van der Waals surface area contributed by atoms with E-state index in [1.165, 1.54) is 6.92 Å². The first-order valence-electron chi connectivity index (χ1n) is 10.0. The van der Waals surface area contributed by atoms with Crippen molar-refractivity contribution in [2.45, 2.75) is 26.2 Å². The zero-order valence-corrected chi connectivity index (χ0v) is 16.6. The molecule has 0 radical (unpaired) electrons. The second-order valence-electron chi connectivity index (χ2n) is 8.11. The fourth-order valence-electron chi connectivity index (χ4n) is 4.98. The molecule has 1 heterocycles. The molecule has 158 valence electrons. The smallest absolute Gasteiger partial charge is 0.326 e. The number of likely N-dealkylation sites (tertiary alicyclic amines) is 1. The maximum atomic E-state index is 12.6. The topological polar surface area (TPSA) is 122 Å². The van der Waals surface area contributed by atoms with Crippen LogP contribution in [0, 0.1) is 23.7 Å². The van der Waals surface area contributed by atoms with E-state index in [1.54, 1.807) is 24.3 Å². The first-order chi connectivity index (χ1) is 14.3. The van der Waals surface area contributed by atoms with Crippen molar-refractivity contribution in [3.8, 4) is 0 Å². The summed E-state index contributed by atoms with van der Waals surface area (Å²) in [6, 6.07) is 6.44. The number of imide groups is 1. The van der Waals surface area contributed by atoms with Crippen LogP contribution in [0.15, 0.2) is 24.3 Å². The van der Waals surface area contributed by atoms with Crippen molar-refractivity contribution in [2.24, 2.45) is 23.7 Å². The van der Waals surface area contributed by atoms with Gasteiger partial charge in [0.2, 0.25) is 17.7 Å². The highest BCUT2D eigenvalue weighted by atomic mass is 16.5. The van der Waals surface area contributed by atoms with Crippen LogP contribution in [0.4, 0.5) is 11.4 Å². The van der Waals surface area contributed by atoms with Gasteiger partial charge < -0.3 is 15.4 Å². The zero-order valence-electron chi connectivity index (χ0n) is 16.6. The van der Waals surface area contributed by atoms with Crippen molar-refractivity contribution in [2.75, 3.05) is 23.8 Å². The number of fused-ring (bicyclic) bond motifs is 5. The molecule has 1 aliphatic heterocycles. The number of benzene rings is 1. The molecule has 0 aromatic heterocycles. The molecule has 2 N–H and O–H groups in total. The molecule has 0 spiro atoms. The molecule has 9 nitrogen and oxygen atoms in total. The van der Waals surface area contributed by atoms with Crippen molar-refractivity contribution >= 4 is 41.0 Å². The minimum atomic E-state index is -0.792. The van der Waals surface area contributed by atoms with Crippen molar-refractivity contribution in [3.63, 3.8) is 0 Å². The molecule has 2 bridgehead atoms. The van der Waals surface area contributed by atoms with Gasteiger partial charge in [-0.15, -0.1) is 0 Å². The third-order valence-corrected chi connectivity index (χ3v) is 6.16. The summed E-state index contributed by atoms with van der Waals surface area (Å²) in [6.45, 7) is 0.410. The minimum Gasteiger partial charge on any atom is -0.454 e. The van der Waals surface area contributed by atoms with E-state index in [0.717, 1.165) is 24.2 Å². The second-order valence-corrected chi connectivity index (χ2v) is 8.11. The molecule has 2 aliphatic carbocycles. The highest BCUT2D eigenvalue weighted by molar-refractivity contribution is 6.08. The summed E-state index contributed by atoms with van der Waals surface area (Å²) in [6.07, 6.45) is 2.86. The van der Waals surface area contributed by atoms with Crippen LogP contribution in [0.25, 0.3) is 0 Å². The van der Waals surface area contributed by atoms with Gasteiger partial charge in [0.25, 0.3) is 5.91 Å². The normalized spacial score (nSPS) is 26.5. The van der Waals surface area contributed by atoms with Crippen LogP contribution >= 0.6 is 0 Å². The molecule has 0 unspecified atom stereocenters. The zero-order chi connectivity index (χ0) is 21.4. The van der Waals surface area contributed by atoms with E-state index in [0.29, 0.717) is 11.4 Å². The number of ether oxygens (including phenoxy) is 1. The van der Waals surface area contributed by atoms with Crippen LogP contribution in [0.3, 0.4) is 0 Å². The van der Waals surface area contributed by atoms with Gasteiger partial charge in [0.05, 0.1) is 11.8 Å². The largest absolute Gasteiger partial charge is 0.454 e. The number of anilines is 2. The highest BCUT2D eigenvalue weighted by Gasteiger charge is 2.61. The Morgan fingerprint density at radius 2 is 1.50 bits per heavy atom. The fraction of sp³-hybridized carbons (Fsp3) is 0.476. The Balaban J connectivity index is 1.25. The Bertz CT molecular complexity index is 884. The third kappa shape index (κ3) is 3.79. The highest BCUT2D eigenvalue weighted by Crippen LogP contribution is 2.56. The standard InChI is InChI=1S/C21H23N3O6/c1-11(25)22-14-4-6-15(7-5-14)23-16(26)10-30-17(27)9-24-20(28)18-12-2-3-13(8-12)19(18)21(24)29/h4-7,12-13,18-19H,2-3,8-10H2,1H3,(H,22,25)(H,23,26)/t12-,13-,18+,19+/m0/s1. The molecule has 9 heteroatoms. The Hall–Kier alpha value is -3.23. The van der Waals surface area contributed by atoms with E-state index in [4.69, 9.17) is 4.74 Å². The second kappa shape index (κ2) is 7.89. The molecule has 1 aromatic rings. The quantitative estimate of drug-likeness (QED) is 0.533. The number of hydrogen-bond donors (Lipinski definition) is 2. The van der Waals surface area contributed by atoms with Gasteiger partial charge in [-0.1, -0.05) is 0 Å². The molecular weight excluding hydrogens is 390 g/mol. The van der Waals surface area contributed by atoms with E-state index in [-0.39, 0.29) is 41.4 Å². The van der Waals surface area contributed by atoms with Crippen molar-refractivity contribution in [1.29, 1.82) is 0 Å². The third-order valence-electron chi connectivity index (χ3n) is 6.16. The lowest BCUT2D eigenvalue weighted by molar-refractivity contribution is -0.154. The Kier molecular flexibility index (Phi) is 5.27. The van der Waals surface area contributed by atoms with Gasteiger partial charge in [-0.2, -0.15) is 0 Å². The van der Waals surface area contributed by atoms with Crippen LogP contribution in [0.5, 0.6) is 0 Å². The van der Waals surface area contributed by atoms with E-state index >= 15 is 0 Å². The van der Waals surface area contributed by atoms with Crippen molar-refractivity contribution < 1.29 is 28.7 Å². The molecule has 1 saturated heterocycles. The lowest BCUT2D eigenvalue weighted by Gasteiger charge is -2.19. The average Bonchev–Trinajstić information content (AvgIpc) is 3.38. The van der Waals surface area contributed by atoms with Crippen LogP contribution < -0.4 is 10.6 Å². The Morgan fingerprint density at radius 3 is 2.03 bits per heavy atom. The summed E-state index contributed by atoms with van der Waals surface area (Å²) < 4.78 is 4.95. The molecule has 3 aliphatic rings. The van der Waals surface area contributed by atoms with Crippen LogP contribution in [0.1, 0.15) is 26.2 Å². The van der Waals surface area contributed by atoms with E-state index in [1.807, 2.05) is 0 Å². The molecule has 4 rings (SSSR count). The van der Waals surface area contributed by atoms with Crippen LogP contribution in [0.2, 0.25) is 0 Å². The maximum Gasteiger partial charge on any atom is 0.326 e. The minimum absolute atomic E-state index is 0.204. The Labute approximate surface area is 173 Å². The van der Waals surface area contributed by atoms with E-state index < -0.39 is 25.0 Å². The predicted octanol–water partition coefficient (Wildman–Crippen LogP) is 1.16. The molecule has 2 saturated carbocycles. The summed E-state index contributed by atoms with van der Waals surface area (Å²) in [4.78, 5) is 61.3. The number of esters is 1. The van der Waals surface area contributed by atoms with Gasteiger partial charge in [0.1, 0.15) is 6.54 Å². The van der Waals surface area contributed by atoms with Gasteiger partial charge in [-0.3, -0.25) is 28.9 Å². The predicted molar refractivity (Wildman–Crippen MR) is 105 cm³/mol. The number of carbonyl (C=O) groups is 5. The SMILES string of the molecule is CC(=O)Nc1ccc(NC(=O)COC(=O)CN2C(=O)[C@@H]3[C@H]4CC[C@@H](C4)[C@H]3C2=O)cc1. The van der Waals surface area contributed by atoms with Crippen LogP contribution in [-0.4, -0.2) is 47.6 Å². The number of hydrogen-bond acceptors (Lipinski definition) is 6. The van der Waals surface area contributed by atoms with E-state index in [2.05, 4.69) is 10.6 Å². The first kappa shape index (κ1) is 20.1. The molecule has 4 amide bonds. The first-order valence-corrected chi connectivity index (χ1v) is 10.0. The number of amides is 4. The van der Waals surface area contributed by atoms with E-state index in [9.17, 15) is 24.0 Å². The van der Waals surface area contributed by atoms with Gasteiger partial charge >= 0.3 is 5.97 Å². The van der Waals surface area contributed by atoms with Crippen LogP contribution in [-0.2, 0) is 28.7 Å². The molecule has 4 atom stereocenters. The van der Waals surface area contributed by atoms with Gasteiger partial charge in [-0.25, -0.2) is 0 Å². The van der Waals surface area contributed by atoms with Gasteiger partial charge in [-0.05, 0) is 55.4 Å². The molecule has 30 heavy (non-hydrogen) atoms. The summed E-state index contributed by atoms with van der Waals surface area (Å²) >= 11 is 0. The molecule has 1 aromatic carbocycles. The Morgan fingerprint density at radius 1 is 0.967 bits per heavy atom. The lowest BCUT2D eigenvalue weighted by Crippen LogP contribution is -2.38. The maximum absolute atomic E-state index is 12.6. The number of nitrogens with one attached hydrogen (secondary N) is 2. The van der Waals surface area contributed by atoms with Crippen molar-refractivity contribution in [3.05, 3.63) is 24.3 Å². The summed E-state index contributed by atoms with van der Waals surface area (Å²) in [5.74, 6) is -2.17. The van der Waals surface area contributed by atoms with Gasteiger partial charge in [0, 0.05) is 18.3 Å². The average molecular weight is 413 g/mol. The number of carbonyl (C=O) groups excluding carboxylic acids is 5. The monoisotopic (exact) mass is 413 g/mol. The molecule has 3 fully saturated rings. The molecular formula is C21H23N3O6. The van der Waals surface area contributed by atoms with Gasteiger partial charge in [0.15, 0.2) is 6.61 Å². The summed E-state index contributed by atoms with van der Waals surface area (Å²) in [5, 5.41) is 5.17. The summed E-state index contributed by atoms with van der Waals surface area (Å²) in [7, 11) is 0. The fourth-order valence-corrected chi connectivity index (χ4v) is 4.98. The number of rotatable bonds is 6. The number of nitrogens with zero attached hydrogens (tertiary/aromatic N) is 1. The lowest BCUT2D eigenvalue weighted by atomic mass is 9.81.